The first-order valence-corrected chi connectivity index (χ1v) is 8.91. The monoisotopic (exact) mass is 315 g/mol. The van der Waals surface area contributed by atoms with E-state index in [1.807, 2.05) is 24.3 Å². The summed E-state index contributed by atoms with van der Waals surface area (Å²) in [6.45, 7) is 0.341. The van der Waals surface area contributed by atoms with Gasteiger partial charge in [0.1, 0.15) is 5.25 Å². The Hall–Kier alpha value is -1.07. The summed E-state index contributed by atoms with van der Waals surface area (Å²) in [5.41, 5.74) is 1.94. The highest BCUT2D eigenvalue weighted by Gasteiger charge is 2.34. The number of carbonyl (C=O) groups excluding carboxylic acids is 1. The number of halogens is 1. The first kappa shape index (κ1) is 15.3. The van der Waals surface area contributed by atoms with Crippen LogP contribution in [-0.2, 0) is 27.1 Å². The zero-order chi connectivity index (χ0) is 14.6. The predicted octanol–water partition coefficient (Wildman–Crippen LogP) is 2.01. The van der Waals surface area contributed by atoms with Crippen molar-refractivity contribution in [1.82, 2.24) is 5.32 Å². The van der Waals surface area contributed by atoms with Gasteiger partial charge in [-0.1, -0.05) is 30.7 Å². The number of benzene rings is 1. The molecule has 6 heteroatoms. The van der Waals surface area contributed by atoms with Crippen molar-refractivity contribution in [3.63, 3.8) is 0 Å². The minimum absolute atomic E-state index is 0.121. The van der Waals surface area contributed by atoms with E-state index in [2.05, 4.69) is 5.32 Å². The van der Waals surface area contributed by atoms with Gasteiger partial charge in [0.15, 0.2) is 9.84 Å². The van der Waals surface area contributed by atoms with Crippen LogP contribution in [0.5, 0.6) is 0 Å². The fraction of sp³-hybridized carbons (Fsp3) is 0.500. The van der Waals surface area contributed by atoms with Gasteiger partial charge < -0.3 is 5.32 Å². The Balaban J connectivity index is 1.94. The van der Waals surface area contributed by atoms with Crippen LogP contribution in [0.15, 0.2) is 24.3 Å². The Kier molecular flexibility index (Phi) is 5.05. The smallest absolute Gasteiger partial charge is 0.238 e. The van der Waals surface area contributed by atoms with E-state index in [1.165, 1.54) is 0 Å². The van der Waals surface area contributed by atoms with Crippen molar-refractivity contribution in [3.05, 3.63) is 35.4 Å². The Morgan fingerprint density at radius 2 is 1.85 bits per heavy atom. The van der Waals surface area contributed by atoms with Crippen molar-refractivity contribution in [2.24, 2.45) is 0 Å². The molecule has 1 heterocycles. The molecule has 20 heavy (non-hydrogen) atoms. The lowest BCUT2D eigenvalue weighted by Crippen LogP contribution is -2.42. The molecule has 1 fully saturated rings. The molecule has 1 atom stereocenters. The predicted molar refractivity (Wildman–Crippen MR) is 79.3 cm³/mol. The molecular weight excluding hydrogens is 298 g/mol. The summed E-state index contributed by atoms with van der Waals surface area (Å²) in [5, 5.41) is 1.83. The van der Waals surface area contributed by atoms with Gasteiger partial charge in [0, 0.05) is 12.4 Å². The molecule has 0 bridgehead atoms. The van der Waals surface area contributed by atoms with E-state index in [0.29, 0.717) is 25.3 Å². The van der Waals surface area contributed by atoms with Crippen LogP contribution in [0.1, 0.15) is 30.4 Å². The van der Waals surface area contributed by atoms with E-state index < -0.39 is 15.1 Å². The molecule has 2 rings (SSSR count). The Bertz CT molecular complexity index is 569. The molecule has 110 valence electrons. The molecular formula is C14H18ClNO3S. The van der Waals surface area contributed by atoms with Crippen LogP contribution >= 0.6 is 11.6 Å². The standard InChI is InChI=1S/C14H18ClNO3S/c15-9-11-4-6-12(7-5-11)10-16-14(17)13-3-1-2-8-20(13,18)19/h4-7,13H,1-3,8-10H2,(H,16,17). The molecule has 1 amide bonds. The van der Waals surface area contributed by atoms with E-state index in [4.69, 9.17) is 11.6 Å². The number of hydrogen-bond donors (Lipinski definition) is 1. The number of carbonyl (C=O) groups is 1. The van der Waals surface area contributed by atoms with E-state index in [0.717, 1.165) is 17.5 Å². The molecule has 0 radical (unpaired) electrons. The van der Waals surface area contributed by atoms with E-state index in [1.54, 1.807) is 0 Å². The van der Waals surface area contributed by atoms with Crippen LogP contribution in [0.2, 0.25) is 0 Å². The lowest BCUT2D eigenvalue weighted by molar-refractivity contribution is -0.121. The average molecular weight is 316 g/mol. The van der Waals surface area contributed by atoms with Gasteiger partial charge in [-0.15, -0.1) is 11.6 Å². The molecule has 1 N–H and O–H groups in total. The molecule has 1 saturated heterocycles. The van der Waals surface area contributed by atoms with Gasteiger partial charge in [0.2, 0.25) is 5.91 Å². The summed E-state index contributed by atoms with van der Waals surface area (Å²) in [7, 11) is -3.27. The Labute approximate surface area is 124 Å². The third-order valence-corrected chi connectivity index (χ3v) is 6.00. The minimum atomic E-state index is -3.27. The quantitative estimate of drug-likeness (QED) is 0.865. The van der Waals surface area contributed by atoms with E-state index in [-0.39, 0.29) is 11.7 Å². The number of hydrogen-bond acceptors (Lipinski definition) is 3. The lowest BCUT2D eigenvalue weighted by Gasteiger charge is -2.21. The van der Waals surface area contributed by atoms with Gasteiger partial charge in [-0.05, 0) is 24.0 Å². The van der Waals surface area contributed by atoms with Crippen LogP contribution in [-0.4, -0.2) is 25.3 Å². The van der Waals surface area contributed by atoms with Gasteiger partial charge in [-0.3, -0.25) is 4.79 Å². The second kappa shape index (κ2) is 6.59. The Morgan fingerprint density at radius 1 is 1.20 bits per heavy atom. The van der Waals surface area contributed by atoms with Gasteiger partial charge in [0.05, 0.1) is 5.75 Å². The van der Waals surface area contributed by atoms with Crippen LogP contribution in [0, 0.1) is 0 Å². The molecule has 1 unspecified atom stereocenters. The molecule has 1 aliphatic heterocycles. The highest BCUT2D eigenvalue weighted by molar-refractivity contribution is 7.92. The zero-order valence-corrected chi connectivity index (χ0v) is 12.7. The summed E-state index contributed by atoms with van der Waals surface area (Å²) in [6, 6.07) is 7.55. The summed E-state index contributed by atoms with van der Waals surface area (Å²) >= 11 is 5.70. The largest absolute Gasteiger partial charge is 0.351 e. The maximum atomic E-state index is 12.0. The fourth-order valence-corrected chi connectivity index (χ4v) is 4.30. The normalized spacial score (nSPS) is 21.4. The number of alkyl halides is 1. The molecule has 0 saturated carbocycles. The van der Waals surface area contributed by atoms with Crippen molar-refractivity contribution < 1.29 is 13.2 Å². The van der Waals surface area contributed by atoms with Crippen LogP contribution in [0.4, 0.5) is 0 Å². The van der Waals surface area contributed by atoms with Gasteiger partial charge >= 0.3 is 0 Å². The first-order chi connectivity index (χ1) is 9.53. The maximum Gasteiger partial charge on any atom is 0.238 e. The second-order valence-corrected chi connectivity index (χ2v) is 7.59. The number of amides is 1. The van der Waals surface area contributed by atoms with Crippen molar-refractivity contribution >= 4 is 27.3 Å². The van der Waals surface area contributed by atoms with Crippen LogP contribution in [0.25, 0.3) is 0 Å². The first-order valence-electron chi connectivity index (χ1n) is 6.66. The van der Waals surface area contributed by atoms with Crippen molar-refractivity contribution in [1.29, 1.82) is 0 Å². The van der Waals surface area contributed by atoms with Crippen LogP contribution < -0.4 is 5.32 Å². The second-order valence-electron chi connectivity index (χ2n) is 5.02. The maximum absolute atomic E-state index is 12.0. The zero-order valence-electron chi connectivity index (χ0n) is 11.1. The van der Waals surface area contributed by atoms with Gasteiger partial charge in [-0.2, -0.15) is 0 Å². The average Bonchev–Trinajstić information content (AvgIpc) is 2.45. The van der Waals surface area contributed by atoms with Gasteiger partial charge in [0.25, 0.3) is 0 Å². The number of sulfone groups is 1. The minimum Gasteiger partial charge on any atom is -0.351 e. The highest BCUT2D eigenvalue weighted by Crippen LogP contribution is 2.19. The lowest BCUT2D eigenvalue weighted by atomic mass is 10.1. The molecule has 4 nitrogen and oxygen atoms in total. The molecule has 1 aliphatic rings. The SMILES string of the molecule is O=C(NCc1ccc(CCl)cc1)C1CCCCS1(=O)=O. The third-order valence-electron chi connectivity index (χ3n) is 3.52. The molecule has 1 aromatic rings. The van der Waals surface area contributed by atoms with Crippen molar-refractivity contribution in [2.45, 2.75) is 36.9 Å². The highest BCUT2D eigenvalue weighted by atomic mass is 35.5. The third kappa shape index (κ3) is 3.73. The fourth-order valence-electron chi connectivity index (χ4n) is 2.30. The van der Waals surface area contributed by atoms with Crippen molar-refractivity contribution in [3.8, 4) is 0 Å². The van der Waals surface area contributed by atoms with E-state index in [9.17, 15) is 13.2 Å². The molecule has 0 spiro atoms. The summed E-state index contributed by atoms with van der Waals surface area (Å²) < 4.78 is 23.7. The number of nitrogens with one attached hydrogen (secondary N) is 1. The molecule has 0 aromatic heterocycles. The number of rotatable bonds is 4. The topological polar surface area (TPSA) is 63.2 Å². The summed E-state index contributed by atoms with van der Waals surface area (Å²) in [4.78, 5) is 12.0. The van der Waals surface area contributed by atoms with Crippen molar-refractivity contribution in [2.75, 3.05) is 5.75 Å². The van der Waals surface area contributed by atoms with E-state index >= 15 is 0 Å². The summed E-state index contributed by atoms with van der Waals surface area (Å²) in [6.07, 6.45) is 1.88. The Morgan fingerprint density at radius 3 is 2.45 bits per heavy atom. The molecule has 0 aliphatic carbocycles. The summed E-state index contributed by atoms with van der Waals surface area (Å²) in [5.74, 6) is 0.189. The van der Waals surface area contributed by atoms with Gasteiger partial charge in [-0.25, -0.2) is 8.42 Å². The van der Waals surface area contributed by atoms with Crippen LogP contribution in [0.3, 0.4) is 0 Å². The molecule has 1 aromatic carbocycles.